The van der Waals surface area contributed by atoms with Crippen molar-refractivity contribution >= 4 is 11.6 Å². The molecule has 142 valence electrons. The van der Waals surface area contributed by atoms with E-state index in [1.807, 2.05) is 12.1 Å². The first-order valence-corrected chi connectivity index (χ1v) is 9.09. The molecule has 0 radical (unpaired) electrons. The molecule has 0 saturated heterocycles. The number of hydrogen-bond acceptors (Lipinski definition) is 3. The van der Waals surface area contributed by atoms with E-state index in [4.69, 9.17) is 10.00 Å². The summed E-state index contributed by atoms with van der Waals surface area (Å²) in [5, 5.41) is 11.9. The average molecular weight is 364 g/mol. The predicted octanol–water partition coefficient (Wildman–Crippen LogP) is 5.17. The van der Waals surface area contributed by atoms with Crippen molar-refractivity contribution in [2.45, 2.75) is 52.4 Å². The molecule has 0 spiro atoms. The van der Waals surface area contributed by atoms with Gasteiger partial charge in [-0.25, -0.2) is 0 Å². The van der Waals surface area contributed by atoms with Gasteiger partial charge in [0.05, 0.1) is 11.3 Å². The van der Waals surface area contributed by atoms with Crippen molar-refractivity contribution < 1.29 is 9.53 Å². The summed E-state index contributed by atoms with van der Waals surface area (Å²) in [6.45, 7) is 12.8. The minimum Gasteiger partial charge on any atom is -0.483 e. The molecular formula is C23H28N2O2. The number of para-hydroxylation sites is 1. The molecule has 1 N–H and O–H groups in total. The van der Waals surface area contributed by atoms with Crippen molar-refractivity contribution in [3.63, 3.8) is 0 Å². The Bertz CT molecular complexity index is 865. The monoisotopic (exact) mass is 364 g/mol. The zero-order chi connectivity index (χ0) is 20.2. The number of rotatable bonds is 4. The van der Waals surface area contributed by atoms with Crippen LogP contribution in [0.1, 0.15) is 58.2 Å². The summed E-state index contributed by atoms with van der Waals surface area (Å²) in [6, 6.07) is 15.1. The molecule has 0 heterocycles. The van der Waals surface area contributed by atoms with Crippen LogP contribution >= 0.6 is 0 Å². The molecule has 0 aliphatic carbocycles. The van der Waals surface area contributed by atoms with Crippen molar-refractivity contribution in [3.8, 4) is 11.8 Å². The number of amides is 1. The van der Waals surface area contributed by atoms with Crippen LogP contribution in [0.15, 0.2) is 42.5 Å². The van der Waals surface area contributed by atoms with Gasteiger partial charge in [0.2, 0.25) is 0 Å². The van der Waals surface area contributed by atoms with E-state index in [9.17, 15) is 4.79 Å². The molecule has 2 aromatic rings. The number of nitriles is 1. The van der Waals surface area contributed by atoms with Gasteiger partial charge in [-0.05, 0) is 40.2 Å². The highest BCUT2D eigenvalue weighted by Crippen LogP contribution is 2.35. The molecule has 2 rings (SSSR count). The Morgan fingerprint density at radius 3 is 2.30 bits per heavy atom. The Hall–Kier alpha value is -2.80. The fourth-order valence-electron chi connectivity index (χ4n) is 2.73. The Balaban J connectivity index is 2.17. The molecule has 0 aromatic heterocycles. The van der Waals surface area contributed by atoms with Crippen LogP contribution in [0.5, 0.6) is 5.75 Å². The minimum atomic E-state index is -0.294. The van der Waals surface area contributed by atoms with Crippen LogP contribution in [0.2, 0.25) is 0 Å². The summed E-state index contributed by atoms with van der Waals surface area (Å²) >= 11 is 0. The number of nitrogens with one attached hydrogen (secondary N) is 1. The minimum absolute atomic E-state index is 0.0386. The summed E-state index contributed by atoms with van der Waals surface area (Å²) in [5.74, 6) is 0.414. The molecule has 0 atom stereocenters. The van der Waals surface area contributed by atoms with Gasteiger partial charge in [0.15, 0.2) is 6.61 Å². The molecule has 27 heavy (non-hydrogen) atoms. The molecular weight excluding hydrogens is 336 g/mol. The van der Waals surface area contributed by atoms with Crippen molar-refractivity contribution in [1.29, 1.82) is 5.26 Å². The van der Waals surface area contributed by atoms with Gasteiger partial charge in [0, 0.05) is 0 Å². The van der Waals surface area contributed by atoms with Gasteiger partial charge < -0.3 is 10.1 Å². The highest BCUT2D eigenvalue weighted by Gasteiger charge is 2.23. The number of anilines is 1. The zero-order valence-corrected chi connectivity index (χ0v) is 17.0. The molecule has 0 saturated carbocycles. The van der Waals surface area contributed by atoms with Gasteiger partial charge in [0.1, 0.15) is 11.8 Å². The van der Waals surface area contributed by atoms with Crippen LogP contribution in [-0.2, 0) is 15.6 Å². The second-order valence-electron chi connectivity index (χ2n) is 8.71. The highest BCUT2D eigenvalue weighted by molar-refractivity contribution is 5.93. The lowest BCUT2D eigenvalue weighted by Gasteiger charge is -2.27. The number of hydrogen-bond donors (Lipinski definition) is 1. The zero-order valence-electron chi connectivity index (χ0n) is 17.0. The predicted molar refractivity (Wildman–Crippen MR) is 109 cm³/mol. The molecule has 2 aromatic carbocycles. The largest absolute Gasteiger partial charge is 0.483 e. The standard InChI is InChI=1S/C23H28N2O2/c1-22(2,3)17-11-12-20(18(13-17)23(4,5)6)27-15-21(26)25-19-10-8-7-9-16(19)14-24/h7-13H,15H2,1-6H3,(H,25,26). The van der Waals surface area contributed by atoms with Crippen LogP contribution in [0.3, 0.4) is 0 Å². The van der Waals surface area contributed by atoms with Crippen LogP contribution < -0.4 is 10.1 Å². The molecule has 0 aliphatic heterocycles. The van der Waals surface area contributed by atoms with Gasteiger partial charge in [-0.2, -0.15) is 5.26 Å². The average Bonchev–Trinajstić information content (AvgIpc) is 2.58. The summed E-state index contributed by atoms with van der Waals surface area (Å²) < 4.78 is 5.84. The first-order chi connectivity index (χ1) is 12.5. The van der Waals surface area contributed by atoms with E-state index >= 15 is 0 Å². The Morgan fingerprint density at radius 1 is 1.04 bits per heavy atom. The lowest BCUT2D eigenvalue weighted by molar-refractivity contribution is -0.118. The van der Waals surface area contributed by atoms with Crippen molar-refractivity contribution in [2.24, 2.45) is 0 Å². The van der Waals surface area contributed by atoms with Crippen LogP contribution in [0.4, 0.5) is 5.69 Å². The highest BCUT2D eigenvalue weighted by atomic mass is 16.5. The van der Waals surface area contributed by atoms with E-state index in [-0.39, 0.29) is 23.3 Å². The van der Waals surface area contributed by atoms with Gasteiger partial charge >= 0.3 is 0 Å². The number of carbonyl (C=O) groups excluding carboxylic acids is 1. The third-order valence-electron chi connectivity index (χ3n) is 4.33. The van der Waals surface area contributed by atoms with E-state index in [1.54, 1.807) is 24.3 Å². The first-order valence-electron chi connectivity index (χ1n) is 9.09. The van der Waals surface area contributed by atoms with Crippen LogP contribution in [0.25, 0.3) is 0 Å². The Kier molecular flexibility index (Phi) is 5.95. The molecule has 0 unspecified atom stereocenters. The van der Waals surface area contributed by atoms with Gasteiger partial charge in [-0.15, -0.1) is 0 Å². The molecule has 4 nitrogen and oxygen atoms in total. The molecule has 4 heteroatoms. The number of nitrogens with zero attached hydrogens (tertiary/aromatic N) is 1. The van der Waals surface area contributed by atoms with E-state index in [2.05, 4.69) is 59.0 Å². The third kappa shape index (κ3) is 5.34. The summed E-state index contributed by atoms with van der Waals surface area (Å²) in [7, 11) is 0. The number of benzene rings is 2. The van der Waals surface area contributed by atoms with Crippen LogP contribution in [0, 0.1) is 11.3 Å². The first kappa shape index (κ1) is 20.5. The van der Waals surface area contributed by atoms with E-state index < -0.39 is 0 Å². The topological polar surface area (TPSA) is 62.1 Å². The van der Waals surface area contributed by atoms with Gasteiger partial charge in [0.25, 0.3) is 5.91 Å². The van der Waals surface area contributed by atoms with E-state index in [1.165, 1.54) is 5.56 Å². The maximum Gasteiger partial charge on any atom is 0.262 e. The van der Waals surface area contributed by atoms with Crippen molar-refractivity contribution in [1.82, 2.24) is 0 Å². The second kappa shape index (κ2) is 7.84. The second-order valence-corrected chi connectivity index (χ2v) is 8.71. The van der Waals surface area contributed by atoms with Crippen LogP contribution in [-0.4, -0.2) is 12.5 Å². The van der Waals surface area contributed by atoms with Gasteiger partial charge in [-0.3, -0.25) is 4.79 Å². The fourth-order valence-corrected chi connectivity index (χ4v) is 2.73. The van der Waals surface area contributed by atoms with Crippen molar-refractivity contribution in [3.05, 3.63) is 59.2 Å². The SMILES string of the molecule is CC(C)(C)c1ccc(OCC(=O)Nc2ccccc2C#N)c(C(C)(C)C)c1. The molecule has 0 bridgehead atoms. The number of carbonyl (C=O) groups is 1. The molecule has 0 aliphatic rings. The fraction of sp³-hybridized carbons (Fsp3) is 0.391. The number of ether oxygens (including phenoxy) is 1. The summed E-state index contributed by atoms with van der Waals surface area (Å²) in [4.78, 5) is 12.3. The lowest BCUT2D eigenvalue weighted by Crippen LogP contribution is -2.23. The normalized spacial score (nSPS) is 11.6. The maximum absolute atomic E-state index is 12.3. The molecule has 1 amide bonds. The van der Waals surface area contributed by atoms with E-state index in [0.717, 1.165) is 5.56 Å². The quantitative estimate of drug-likeness (QED) is 0.814. The van der Waals surface area contributed by atoms with E-state index in [0.29, 0.717) is 17.0 Å². The Labute approximate surface area is 162 Å². The summed E-state index contributed by atoms with van der Waals surface area (Å²) in [5.41, 5.74) is 3.15. The Morgan fingerprint density at radius 2 is 1.70 bits per heavy atom. The summed E-state index contributed by atoms with van der Waals surface area (Å²) in [6.07, 6.45) is 0. The van der Waals surface area contributed by atoms with Gasteiger partial charge in [-0.1, -0.05) is 65.8 Å². The lowest BCUT2D eigenvalue weighted by atomic mass is 9.80. The smallest absolute Gasteiger partial charge is 0.262 e. The molecule has 0 fully saturated rings. The van der Waals surface area contributed by atoms with Crippen molar-refractivity contribution in [2.75, 3.05) is 11.9 Å². The third-order valence-corrected chi connectivity index (χ3v) is 4.33. The maximum atomic E-state index is 12.3.